The van der Waals surface area contributed by atoms with E-state index in [1.54, 1.807) is 0 Å². The maximum Gasteiger partial charge on any atom is 0.306 e. The van der Waals surface area contributed by atoms with Gasteiger partial charge >= 0.3 is 11.9 Å². The van der Waals surface area contributed by atoms with E-state index < -0.39 is 28.5 Å². The summed E-state index contributed by atoms with van der Waals surface area (Å²) in [4.78, 5) is 37.9. The largest absolute Gasteiger partial charge is 0.461 e. The monoisotopic (exact) mass is 372 g/mol. The molecule has 0 radical (unpaired) electrons. The summed E-state index contributed by atoms with van der Waals surface area (Å²) in [6, 6.07) is 0. The number of esters is 2. The molecular weight excluding hydrogens is 344 g/mol. The van der Waals surface area contributed by atoms with Gasteiger partial charge in [0.05, 0.1) is 0 Å². The predicted octanol–water partition coefficient (Wildman–Crippen LogP) is 3.52. The van der Waals surface area contributed by atoms with Gasteiger partial charge in [0.1, 0.15) is 17.1 Å². The molecule has 0 aromatic carbocycles. The molecule has 5 fully saturated rings. The van der Waals surface area contributed by atoms with Crippen LogP contribution in [0.5, 0.6) is 0 Å². The van der Waals surface area contributed by atoms with Crippen LogP contribution in [0, 0.1) is 22.7 Å². The summed E-state index contributed by atoms with van der Waals surface area (Å²) in [5.74, 6) is -0.701. The van der Waals surface area contributed by atoms with E-state index in [9.17, 15) is 14.4 Å². The third kappa shape index (κ3) is 2.03. The highest BCUT2D eigenvalue weighted by Crippen LogP contribution is 2.72. The Morgan fingerprint density at radius 3 is 2.59 bits per heavy atom. The number of ether oxygens (including phenoxy) is 2. The third-order valence-corrected chi connectivity index (χ3v) is 8.05. The van der Waals surface area contributed by atoms with Crippen molar-refractivity contribution in [2.24, 2.45) is 22.7 Å². The number of rotatable bonds is 2. The van der Waals surface area contributed by atoms with Gasteiger partial charge in [0, 0.05) is 18.8 Å². The summed E-state index contributed by atoms with van der Waals surface area (Å²) in [7, 11) is 0. The summed E-state index contributed by atoms with van der Waals surface area (Å²) in [6.07, 6.45) is 2.89. The highest BCUT2D eigenvalue weighted by Gasteiger charge is 2.79. The smallest absolute Gasteiger partial charge is 0.306 e. The van der Waals surface area contributed by atoms with E-state index in [1.165, 1.54) is 6.92 Å². The summed E-state index contributed by atoms with van der Waals surface area (Å²) < 4.78 is 11.9. The Morgan fingerprint density at radius 1 is 1.26 bits per heavy atom. The number of fused-ring (bicyclic) bond motifs is 2. The number of carbonyl (C=O) groups excluding carboxylic acids is 3. The Morgan fingerprint density at radius 2 is 1.96 bits per heavy atom. The van der Waals surface area contributed by atoms with Gasteiger partial charge in [0.2, 0.25) is 0 Å². The van der Waals surface area contributed by atoms with Gasteiger partial charge in [-0.2, -0.15) is 0 Å². The van der Waals surface area contributed by atoms with E-state index in [0.717, 1.165) is 12.0 Å². The second kappa shape index (κ2) is 5.55. The fourth-order valence-electron chi connectivity index (χ4n) is 6.96. The highest BCUT2D eigenvalue weighted by molar-refractivity contribution is 6.04. The molecule has 5 heteroatoms. The molecule has 5 rings (SSSR count). The van der Waals surface area contributed by atoms with E-state index in [-0.39, 0.29) is 23.6 Å². The van der Waals surface area contributed by atoms with Crippen LogP contribution in [-0.2, 0) is 23.9 Å². The maximum absolute atomic E-state index is 13.6. The lowest BCUT2D eigenvalue weighted by atomic mass is 9.36. The first-order valence-electron chi connectivity index (χ1n) is 9.87. The first kappa shape index (κ1) is 18.5. The zero-order valence-corrected chi connectivity index (χ0v) is 16.4. The number of hydrogen-bond acceptors (Lipinski definition) is 5. The Balaban J connectivity index is 1.96. The summed E-state index contributed by atoms with van der Waals surface area (Å²) in [6.45, 7) is 13.8. The van der Waals surface area contributed by atoms with Crippen LogP contribution in [0.3, 0.4) is 0 Å². The number of carbonyl (C=O) groups is 3. The molecular formula is C22H28O5. The standard InChI is InChI=1S/C22H28O5/c1-12(2)16-6-9-21-17(26-14(4)23)10-15(13(3)19(21)25)11-22(21)20(16,5)8-7-18(24)27-22/h15-17H,1,3,6-11H2,2,4-5H3/t15-,16+,17?,20+,21-,22+/m1/s1. The van der Waals surface area contributed by atoms with Gasteiger partial charge in [0.15, 0.2) is 5.78 Å². The second-order valence-electron chi connectivity index (χ2n) is 9.22. The minimum absolute atomic E-state index is 0.0719. The van der Waals surface area contributed by atoms with Crippen molar-refractivity contribution in [3.05, 3.63) is 24.3 Å². The molecule has 5 aliphatic rings. The normalized spacial score (nSPS) is 45.6. The number of ketones is 1. The summed E-state index contributed by atoms with van der Waals surface area (Å²) >= 11 is 0. The lowest BCUT2D eigenvalue weighted by Crippen LogP contribution is -2.78. The minimum Gasteiger partial charge on any atom is -0.461 e. The second-order valence-corrected chi connectivity index (χ2v) is 9.22. The molecule has 1 aliphatic heterocycles. The van der Waals surface area contributed by atoms with E-state index in [2.05, 4.69) is 20.1 Å². The van der Waals surface area contributed by atoms with Crippen molar-refractivity contribution < 1.29 is 23.9 Å². The quantitative estimate of drug-likeness (QED) is 0.421. The van der Waals surface area contributed by atoms with Gasteiger partial charge in [-0.1, -0.05) is 25.7 Å². The molecule has 27 heavy (non-hydrogen) atoms. The molecule has 6 atom stereocenters. The Bertz CT molecular complexity index is 782. The molecule has 0 aromatic heterocycles. The summed E-state index contributed by atoms with van der Waals surface area (Å²) in [5.41, 5.74) is -0.735. The van der Waals surface area contributed by atoms with Crippen LogP contribution in [0.4, 0.5) is 0 Å². The van der Waals surface area contributed by atoms with Crippen LogP contribution in [0.15, 0.2) is 24.3 Å². The zero-order valence-electron chi connectivity index (χ0n) is 16.4. The zero-order chi connectivity index (χ0) is 19.8. The van der Waals surface area contributed by atoms with Crippen LogP contribution < -0.4 is 0 Å². The van der Waals surface area contributed by atoms with Crippen LogP contribution in [0.2, 0.25) is 0 Å². The number of hydrogen-bond donors (Lipinski definition) is 0. The Kier molecular flexibility index (Phi) is 3.80. The molecule has 146 valence electrons. The Hall–Kier alpha value is -1.91. The first-order chi connectivity index (χ1) is 12.6. The molecule has 1 unspecified atom stereocenters. The van der Waals surface area contributed by atoms with Crippen molar-refractivity contribution in [2.45, 2.75) is 71.0 Å². The Labute approximate surface area is 160 Å². The van der Waals surface area contributed by atoms with E-state index >= 15 is 0 Å². The minimum atomic E-state index is -1.03. The van der Waals surface area contributed by atoms with Crippen molar-refractivity contribution in [3.63, 3.8) is 0 Å². The summed E-state index contributed by atoms with van der Waals surface area (Å²) in [5, 5.41) is 0. The van der Waals surface area contributed by atoms with Crippen molar-refractivity contribution in [1.82, 2.24) is 0 Å². The highest BCUT2D eigenvalue weighted by atomic mass is 16.6. The predicted molar refractivity (Wildman–Crippen MR) is 98.6 cm³/mol. The van der Waals surface area contributed by atoms with Crippen LogP contribution in [-0.4, -0.2) is 29.4 Å². The first-order valence-corrected chi connectivity index (χ1v) is 9.87. The number of allylic oxidation sites excluding steroid dienone is 2. The van der Waals surface area contributed by atoms with Crippen molar-refractivity contribution in [3.8, 4) is 0 Å². The molecule has 2 bridgehead atoms. The van der Waals surface area contributed by atoms with Gasteiger partial charge < -0.3 is 9.47 Å². The van der Waals surface area contributed by atoms with Gasteiger partial charge in [0.25, 0.3) is 0 Å². The van der Waals surface area contributed by atoms with Crippen LogP contribution in [0.25, 0.3) is 0 Å². The molecule has 2 spiro atoms. The SMILES string of the molecule is C=C1C(=O)[C@]23CC[C@@H](C(=C)C)[C@]4(C)CCC(=O)O[C@]24C[C@H]1CC3OC(C)=O. The molecule has 4 aliphatic carbocycles. The molecule has 1 heterocycles. The van der Waals surface area contributed by atoms with E-state index in [1.807, 2.05) is 6.92 Å². The van der Waals surface area contributed by atoms with Gasteiger partial charge in [-0.15, -0.1) is 0 Å². The van der Waals surface area contributed by atoms with Crippen LogP contribution in [0.1, 0.15) is 59.3 Å². The van der Waals surface area contributed by atoms with E-state index in [0.29, 0.717) is 37.7 Å². The average molecular weight is 372 g/mol. The van der Waals surface area contributed by atoms with Gasteiger partial charge in [-0.3, -0.25) is 14.4 Å². The van der Waals surface area contributed by atoms with Gasteiger partial charge in [-0.25, -0.2) is 0 Å². The molecule has 0 aromatic rings. The maximum atomic E-state index is 13.6. The molecule has 1 saturated heterocycles. The lowest BCUT2D eigenvalue weighted by molar-refractivity contribution is -0.292. The van der Waals surface area contributed by atoms with Crippen molar-refractivity contribution in [1.29, 1.82) is 0 Å². The molecule has 5 nitrogen and oxygen atoms in total. The van der Waals surface area contributed by atoms with Crippen LogP contribution >= 0.6 is 0 Å². The molecule has 0 amide bonds. The van der Waals surface area contributed by atoms with E-state index in [4.69, 9.17) is 9.47 Å². The molecule has 0 N–H and O–H groups in total. The number of Topliss-reactive ketones (excluding diaryl/α,β-unsaturated/α-hetero) is 1. The average Bonchev–Trinajstić information content (AvgIpc) is 2.57. The van der Waals surface area contributed by atoms with Gasteiger partial charge in [-0.05, 0) is 56.4 Å². The molecule has 4 saturated carbocycles. The topological polar surface area (TPSA) is 69.7 Å². The lowest BCUT2D eigenvalue weighted by Gasteiger charge is -2.71. The third-order valence-electron chi connectivity index (χ3n) is 8.05. The fourth-order valence-corrected chi connectivity index (χ4v) is 6.96. The van der Waals surface area contributed by atoms with Crippen molar-refractivity contribution in [2.75, 3.05) is 0 Å². The fraction of sp³-hybridized carbons (Fsp3) is 0.682. The van der Waals surface area contributed by atoms with Crippen molar-refractivity contribution >= 4 is 17.7 Å².